The van der Waals surface area contributed by atoms with E-state index in [-0.39, 0.29) is 65.2 Å². The summed E-state index contributed by atoms with van der Waals surface area (Å²) in [4.78, 5) is 51.8. The highest BCUT2D eigenvalue weighted by Crippen LogP contribution is 2.49. The molecule has 8 heteroatoms. The monoisotopic (exact) mass is 1020 g/mol. The maximum atomic E-state index is 13.2. The molecule has 0 heterocycles. The second-order valence-electron chi connectivity index (χ2n) is 23.9. The van der Waals surface area contributed by atoms with Gasteiger partial charge < -0.3 is 18.9 Å². The van der Waals surface area contributed by atoms with Gasteiger partial charge in [0.2, 0.25) is 0 Å². The molecule has 0 radical (unpaired) electrons. The van der Waals surface area contributed by atoms with Crippen LogP contribution in [0.1, 0.15) is 299 Å². The Morgan fingerprint density at radius 2 is 0.644 bits per heavy atom. The molecule has 0 saturated heterocycles. The molecule has 4 unspecified atom stereocenters. The summed E-state index contributed by atoms with van der Waals surface area (Å²) < 4.78 is 23.3. The molecule has 0 aromatic heterocycles. The zero-order chi connectivity index (χ0) is 53.4. The molecule has 2 aliphatic rings. The highest BCUT2D eigenvalue weighted by molar-refractivity contribution is 5.76. The van der Waals surface area contributed by atoms with E-state index < -0.39 is 0 Å². The molecule has 0 bridgehead atoms. The van der Waals surface area contributed by atoms with Gasteiger partial charge >= 0.3 is 23.9 Å². The molecule has 2 rings (SSSR count). The number of allylic oxidation sites excluding steroid dienone is 4. The number of carbonyl (C=O) groups excluding carboxylic acids is 4. The Bertz CT molecular complexity index is 1350. The molecule has 0 aromatic rings. The minimum atomic E-state index is -0.351. The van der Waals surface area contributed by atoms with Crippen molar-refractivity contribution in [3.8, 4) is 0 Å². The van der Waals surface area contributed by atoms with Crippen LogP contribution in [-0.4, -0.2) is 49.3 Å². The Labute approximate surface area is 450 Å². The van der Waals surface area contributed by atoms with Gasteiger partial charge in [-0.2, -0.15) is 0 Å². The second kappa shape index (κ2) is 42.5. The van der Waals surface area contributed by atoms with Gasteiger partial charge in [0.25, 0.3) is 0 Å². The van der Waals surface area contributed by atoms with Gasteiger partial charge in [-0.15, -0.1) is 0 Å². The van der Waals surface area contributed by atoms with Crippen molar-refractivity contribution in [2.24, 2.45) is 40.9 Å². The number of rotatable bonds is 44. The third-order valence-corrected chi connectivity index (χ3v) is 16.8. The van der Waals surface area contributed by atoms with Gasteiger partial charge in [0, 0.05) is 0 Å². The largest absolute Gasteiger partial charge is 0.465 e. The Morgan fingerprint density at radius 3 is 0.945 bits per heavy atom. The molecule has 2 fully saturated rings. The Balaban J connectivity index is 1.51. The highest BCUT2D eigenvalue weighted by atomic mass is 16.6. The molecular weight excluding hydrogens is 909 g/mol. The van der Waals surface area contributed by atoms with Gasteiger partial charge in [-0.3, -0.25) is 19.2 Å². The van der Waals surface area contributed by atoms with E-state index in [0.29, 0.717) is 37.9 Å². The van der Waals surface area contributed by atoms with E-state index in [1.807, 2.05) is 27.7 Å². The maximum absolute atomic E-state index is 13.2. The van der Waals surface area contributed by atoms with E-state index in [0.717, 1.165) is 77.0 Å². The van der Waals surface area contributed by atoms with Crippen molar-refractivity contribution in [1.29, 1.82) is 0 Å². The summed E-state index contributed by atoms with van der Waals surface area (Å²) >= 11 is 0. The fourth-order valence-electron chi connectivity index (χ4n) is 11.5. The van der Waals surface area contributed by atoms with Crippen LogP contribution in [0.2, 0.25) is 0 Å². The van der Waals surface area contributed by atoms with E-state index in [1.165, 1.54) is 154 Å². The molecule has 0 spiro atoms. The van der Waals surface area contributed by atoms with Crippen LogP contribution in [0.15, 0.2) is 24.3 Å². The Morgan fingerprint density at radius 1 is 0.384 bits per heavy atom. The summed E-state index contributed by atoms with van der Waals surface area (Å²) in [5.41, 5.74) is 0.143. The van der Waals surface area contributed by atoms with Crippen molar-refractivity contribution in [2.45, 2.75) is 312 Å². The fourth-order valence-corrected chi connectivity index (χ4v) is 11.5. The van der Waals surface area contributed by atoms with Crippen LogP contribution in [0.4, 0.5) is 0 Å². The minimum Gasteiger partial charge on any atom is -0.465 e. The van der Waals surface area contributed by atoms with E-state index in [9.17, 15) is 19.2 Å². The van der Waals surface area contributed by atoms with Gasteiger partial charge in [-0.1, -0.05) is 195 Å². The topological polar surface area (TPSA) is 105 Å². The van der Waals surface area contributed by atoms with Crippen LogP contribution in [0.3, 0.4) is 0 Å². The molecule has 0 aliphatic heterocycles. The molecule has 424 valence electrons. The molecule has 0 aromatic carbocycles. The third kappa shape index (κ3) is 31.9. The average Bonchev–Trinajstić information content (AvgIpc) is 3.38. The van der Waals surface area contributed by atoms with Crippen molar-refractivity contribution < 1.29 is 38.1 Å². The number of carbonyl (C=O) groups is 4. The fraction of sp³-hybridized carbons (Fsp3) is 0.877. The molecule has 2 aliphatic carbocycles. The molecule has 2 saturated carbocycles. The Hall–Kier alpha value is -2.64. The van der Waals surface area contributed by atoms with Crippen molar-refractivity contribution >= 4 is 23.9 Å². The second-order valence-corrected chi connectivity index (χ2v) is 23.9. The summed E-state index contributed by atoms with van der Waals surface area (Å²) in [5.74, 6) is -1.11. The lowest BCUT2D eigenvalue weighted by molar-refractivity contribution is -0.158. The van der Waals surface area contributed by atoms with E-state index >= 15 is 0 Å². The zero-order valence-corrected chi connectivity index (χ0v) is 49.0. The zero-order valence-electron chi connectivity index (χ0n) is 49.0. The van der Waals surface area contributed by atoms with Crippen molar-refractivity contribution in [3.63, 3.8) is 0 Å². The van der Waals surface area contributed by atoms with E-state index in [4.69, 9.17) is 18.9 Å². The lowest BCUT2D eigenvalue weighted by Crippen LogP contribution is -2.40. The SMILES string of the molecule is CCCCCCCCC=CCCCCCCCCOC(=O)C(C)CC(C)C(=O)OC1CCC(C(C)(C)C2CCC(OC(=O)C(C)CC(C)C(=O)OCCCCCCCCC=CCCCCCCCC)CC2)CC1. The van der Waals surface area contributed by atoms with Crippen molar-refractivity contribution in [2.75, 3.05) is 13.2 Å². The predicted octanol–water partition coefficient (Wildman–Crippen LogP) is 18.7. The van der Waals surface area contributed by atoms with Crippen LogP contribution in [0.5, 0.6) is 0 Å². The summed E-state index contributed by atoms with van der Waals surface area (Å²) in [6.45, 7) is 17.7. The lowest BCUT2D eigenvalue weighted by Gasteiger charge is -2.46. The summed E-state index contributed by atoms with van der Waals surface area (Å²) in [6.07, 6.45) is 52.8. The minimum absolute atomic E-state index is 0.0701. The van der Waals surface area contributed by atoms with Gasteiger partial charge in [0.1, 0.15) is 12.2 Å². The van der Waals surface area contributed by atoms with Crippen LogP contribution < -0.4 is 0 Å². The summed E-state index contributed by atoms with van der Waals surface area (Å²) in [7, 11) is 0. The first-order valence-electron chi connectivity index (χ1n) is 31.3. The quantitative estimate of drug-likeness (QED) is 0.0257. The first-order chi connectivity index (χ1) is 35.3. The van der Waals surface area contributed by atoms with Crippen LogP contribution >= 0.6 is 0 Å². The smallest absolute Gasteiger partial charge is 0.308 e. The van der Waals surface area contributed by atoms with Crippen molar-refractivity contribution in [1.82, 2.24) is 0 Å². The van der Waals surface area contributed by atoms with E-state index in [2.05, 4.69) is 52.0 Å². The van der Waals surface area contributed by atoms with Crippen LogP contribution in [-0.2, 0) is 38.1 Å². The Kier molecular flexibility index (Phi) is 38.7. The molecule has 8 nitrogen and oxygen atoms in total. The highest BCUT2D eigenvalue weighted by Gasteiger charge is 2.42. The molecule has 0 amide bonds. The lowest BCUT2D eigenvalue weighted by atomic mass is 9.60. The predicted molar refractivity (Wildman–Crippen MR) is 304 cm³/mol. The third-order valence-electron chi connectivity index (χ3n) is 16.8. The number of esters is 4. The molecular formula is C65H116O8. The molecule has 4 atom stereocenters. The van der Waals surface area contributed by atoms with Crippen molar-refractivity contribution in [3.05, 3.63) is 24.3 Å². The molecule has 0 N–H and O–H groups in total. The van der Waals surface area contributed by atoms with E-state index in [1.54, 1.807) is 0 Å². The first kappa shape index (κ1) is 66.5. The first-order valence-corrected chi connectivity index (χ1v) is 31.3. The number of hydrogen-bond acceptors (Lipinski definition) is 8. The normalized spacial score (nSPS) is 20.2. The standard InChI is InChI=1S/C65H116O8/c1-9-11-13-15-17-19-21-23-25-27-29-31-33-35-37-39-49-70-61(66)53(3)51-55(5)63(68)72-59-45-41-57(42-46-59)65(7,8)58-43-47-60(48-44-58)73-64(69)56(6)52-54(4)62(67)71-50-40-38-36-34-32-30-28-26-24-22-20-18-16-14-12-10-2/h23-26,53-60H,9-22,27-52H2,1-8H3. The summed E-state index contributed by atoms with van der Waals surface area (Å²) in [5, 5.41) is 0. The maximum Gasteiger partial charge on any atom is 0.308 e. The average molecular weight is 1030 g/mol. The van der Waals surface area contributed by atoms with Gasteiger partial charge in [0.05, 0.1) is 36.9 Å². The van der Waals surface area contributed by atoms with Gasteiger partial charge in [-0.25, -0.2) is 0 Å². The van der Waals surface area contributed by atoms with Crippen LogP contribution in [0.25, 0.3) is 0 Å². The number of unbranched alkanes of at least 4 members (excludes halogenated alkanes) is 24. The van der Waals surface area contributed by atoms with Crippen LogP contribution in [0, 0.1) is 40.9 Å². The number of hydrogen-bond donors (Lipinski definition) is 0. The summed E-state index contributed by atoms with van der Waals surface area (Å²) in [6, 6.07) is 0. The molecule has 73 heavy (non-hydrogen) atoms. The number of ether oxygens (including phenoxy) is 4. The van der Waals surface area contributed by atoms with Gasteiger partial charge in [0.15, 0.2) is 0 Å². The van der Waals surface area contributed by atoms with Gasteiger partial charge in [-0.05, 0) is 146 Å².